The summed E-state index contributed by atoms with van der Waals surface area (Å²) in [5.41, 5.74) is 3.60. The second kappa shape index (κ2) is 9.45. The van der Waals surface area contributed by atoms with Gasteiger partial charge in [-0.3, -0.25) is 14.2 Å². The minimum absolute atomic E-state index is 0.110. The molecular formula is C28H23N3O2S. The molecular weight excluding hydrogens is 442 g/mol. The molecule has 0 radical (unpaired) electrons. The van der Waals surface area contributed by atoms with Gasteiger partial charge >= 0.3 is 0 Å². The highest BCUT2D eigenvalue weighted by atomic mass is 32.1. The number of fused-ring (bicyclic) bond motifs is 1. The number of nitrogens with one attached hydrogen (secondary N) is 1. The smallest absolute Gasteiger partial charge is 0.263 e. The fourth-order valence-corrected chi connectivity index (χ4v) is 5.22. The Morgan fingerprint density at radius 1 is 0.912 bits per heavy atom. The van der Waals surface area contributed by atoms with Crippen LogP contribution in [0.4, 0.5) is 0 Å². The second-order valence-electron chi connectivity index (χ2n) is 8.08. The van der Waals surface area contributed by atoms with Crippen LogP contribution in [-0.2, 0) is 11.3 Å². The summed E-state index contributed by atoms with van der Waals surface area (Å²) in [5, 5.41) is 3.66. The van der Waals surface area contributed by atoms with Gasteiger partial charge in [-0.15, -0.1) is 11.3 Å². The third-order valence-corrected chi connectivity index (χ3v) is 6.82. The van der Waals surface area contributed by atoms with Crippen LogP contribution in [0.3, 0.4) is 0 Å². The number of hydrogen-bond acceptors (Lipinski definition) is 4. The second-order valence-corrected chi connectivity index (χ2v) is 9.28. The van der Waals surface area contributed by atoms with Gasteiger partial charge in [0.2, 0.25) is 5.91 Å². The molecule has 0 atom stereocenters. The van der Waals surface area contributed by atoms with Gasteiger partial charge in [-0.2, -0.15) is 0 Å². The van der Waals surface area contributed by atoms with E-state index in [4.69, 9.17) is 0 Å². The molecule has 34 heavy (non-hydrogen) atoms. The minimum Gasteiger partial charge on any atom is -0.344 e. The molecule has 5 rings (SSSR count). The van der Waals surface area contributed by atoms with Gasteiger partial charge in [0.15, 0.2) is 0 Å². The molecule has 0 unspecified atom stereocenters. The van der Waals surface area contributed by atoms with Crippen LogP contribution >= 0.6 is 11.3 Å². The topological polar surface area (TPSA) is 64.0 Å². The highest BCUT2D eigenvalue weighted by molar-refractivity contribution is 7.19. The lowest BCUT2D eigenvalue weighted by Crippen LogP contribution is -2.35. The summed E-state index contributed by atoms with van der Waals surface area (Å²) < 4.78 is 1.39. The largest absolute Gasteiger partial charge is 0.344 e. The van der Waals surface area contributed by atoms with Crippen molar-refractivity contribution in [2.45, 2.75) is 19.5 Å². The predicted molar refractivity (Wildman–Crippen MR) is 137 cm³/mol. The van der Waals surface area contributed by atoms with E-state index in [0.29, 0.717) is 10.2 Å². The normalized spacial score (nSPS) is 11.1. The summed E-state index contributed by atoms with van der Waals surface area (Å²) in [5.74, 6) is -0.255. The lowest BCUT2D eigenvalue weighted by Gasteiger charge is -2.20. The lowest BCUT2D eigenvalue weighted by molar-refractivity contribution is -0.122. The molecule has 0 aliphatic heterocycles. The number of amides is 1. The van der Waals surface area contributed by atoms with E-state index in [1.54, 1.807) is 0 Å². The van der Waals surface area contributed by atoms with Crippen LogP contribution < -0.4 is 10.9 Å². The van der Waals surface area contributed by atoms with Crippen LogP contribution in [0.15, 0.2) is 102 Å². The third-order valence-electron chi connectivity index (χ3n) is 5.80. The maximum Gasteiger partial charge on any atom is 0.263 e. The fraction of sp³-hybridized carbons (Fsp3) is 0.107. The first-order valence-corrected chi connectivity index (χ1v) is 11.9. The quantitative estimate of drug-likeness (QED) is 0.368. The zero-order valence-electron chi connectivity index (χ0n) is 18.6. The van der Waals surface area contributed by atoms with Gasteiger partial charge in [-0.05, 0) is 23.6 Å². The van der Waals surface area contributed by atoms with E-state index in [9.17, 15) is 9.59 Å². The molecule has 0 fully saturated rings. The minimum atomic E-state index is -0.314. The number of carbonyl (C=O) groups is 1. The SMILES string of the molecule is Cc1sc2ncn(CC(=O)NC(c3ccccc3)c3ccccc3)c(=O)c2c1-c1ccccc1. The van der Waals surface area contributed by atoms with Crippen molar-refractivity contribution in [1.82, 2.24) is 14.9 Å². The van der Waals surface area contributed by atoms with E-state index in [2.05, 4.69) is 10.3 Å². The van der Waals surface area contributed by atoms with Crippen LogP contribution in [0.25, 0.3) is 21.3 Å². The Hall–Kier alpha value is -4.03. The number of hydrogen-bond donors (Lipinski definition) is 1. The van der Waals surface area contributed by atoms with Crippen molar-refractivity contribution in [2.24, 2.45) is 0 Å². The number of thiophene rings is 1. The van der Waals surface area contributed by atoms with E-state index in [-0.39, 0.29) is 24.1 Å². The Bertz CT molecular complexity index is 1450. The first kappa shape index (κ1) is 21.8. The number of aryl methyl sites for hydroxylation is 1. The van der Waals surface area contributed by atoms with E-state index >= 15 is 0 Å². The molecule has 5 nitrogen and oxygen atoms in total. The average Bonchev–Trinajstić information content (AvgIpc) is 3.22. The molecule has 3 aromatic carbocycles. The average molecular weight is 466 g/mol. The van der Waals surface area contributed by atoms with Crippen molar-refractivity contribution in [3.8, 4) is 11.1 Å². The van der Waals surface area contributed by atoms with Gasteiger partial charge in [0.25, 0.3) is 5.56 Å². The highest BCUT2D eigenvalue weighted by Crippen LogP contribution is 2.35. The summed E-state index contributed by atoms with van der Waals surface area (Å²) >= 11 is 1.50. The molecule has 2 aromatic heterocycles. The number of carbonyl (C=O) groups excluding carboxylic acids is 1. The van der Waals surface area contributed by atoms with Crippen LogP contribution in [0.1, 0.15) is 22.0 Å². The van der Waals surface area contributed by atoms with Crippen molar-refractivity contribution in [1.29, 1.82) is 0 Å². The van der Waals surface area contributed by atoms with Crippen molar-refractivity contribution >= 4 is 27.5 Å². The third kappa shape index (κ3) is 4.28. The van der Waals surface area contributed by atoms with Gasteiger partial charge in [0.05, 0.1) is 17.8 Å². The Morgan fingerprint density at radius 2 is 1.47 bits per heavy atom. The van der Waals surface area contributed by atoms with Crippen LogP contribution in [-0.4, -0.2) is 15.5 Å². The molecule has 5 aromatic rings. The molecule has 0 aliphatic rings. The van der Waals surface area contributed by atoms with Crippen molar-refractivity contribution in [2.75, 3.05) is 0 Å². The van der Waals surface area contributed by atoms with Gasteiger partial charge in [-0.25, -0.2) is 4.98 Å². The van der Waals surface area contributed by atoms with Crippen LogP contribution in [0.5, 0.6) is 0 Å². The number of benzene rings is 3. The Morgan fingerprint density at radius 3 is 2.06 bits per heavy atom. The summed E-state index contributed by atoms with van der Waals surface area (Å²) in [4.78, 5) is 32.8. The summed E-state index contributed by atoms with van der Waals surface area (Å²) in [6.07, 6.45) is 1.47. The van der Waals surface area contributed by atoms with E-state index in [0.717, 1.165) is 27.1 Å². The van der Waals surface area contributed by atoms with Crippen LogP contribution in [0.2, 0.25) is 0 Å². The molecule has 1 amide bonds. The zero-order valence-corrected chi connectivity index (χ0v) is 19.5. The number of nitrogens with zero attached hydrogens (tertiary/aromatic N) is 2. The lowest BCUT2D eigenvalue weighted by atomic mass is 9.99. The molecule has 0 saturated heterocycles. The van der Waals surface area contributed by atoms with Crippen molar-refractivity contribution in [3.05, 3.63) is 124 Å². The highest BCUT2D eigenvalue weighted by Gasteiger charge is 2.20. The number of rotatable bonds is 6. The van der Waals surface area contributed by atoms with E-state index in [1.165, 1.54) is 22.2 Å². The van der Waals surface area contributed by atoms with Gasteiger partial charge in [-0.1, -0.05) is 91.0 Å². The molecule has 2 heterocycles. The predicted octanol–water partition coefficient (Wildman–Crippen LogP) is 5.34. The summed E-state index contributed by atoms with van der Waals surface area (Å²) in [6.45, 7) is 1.89. The first-order chi connectivity index (χ1) is 16.6. The van der Waals surface area contributed by atoms with Crippen molar-refractivity contribution < 1.29 is 4.79 Å². The van der Waals surface area contributed by atoms with Gasteiger partial charge < -0.3 is 5.32 Å². The van der Waals surface area contributed by atoms with E-state index in [1.807, 2.05) is 97.9 Å². The molecule has 168 valence electrons. The van der Waals surface area contributed by atoms with Crippen molar-refractivity contribution in [3.63, 3.8) is 0 Å². The Labute approximate surface area is 201 Å². The van der Waals surface area contributed by atoms with Gasteiger partial charge in [0.1, 0.15) is 11.4 Å². The van der Waals surface area contributed by atoms with Gasteiger partial charge in [0, 0.05) is 10.4 Å². The maximum absolute atomic E-state index is 13.4. The molecule has 6 heteroatoms. The molecule has 0 saturated carbocycles. The Kier molecular flexibility index (Phi) is 6.06. The zero-order chi connectivity index (χ0) is 23.5. The molecule has 0 spiro atoms. The summed E-state index contributed by atoms with van der Waals surface area (Å²) in [6, 6.07) is 29.1. The maximum atomic E-state index is 13.4. The monoisotopic (exact) mass is 465 g/mol. The molecule has 0 bridgehead atoms. The first-order valence-electron chi connectivity index (χ1n) is 11.0. The summed E-state index contributed by atoms with van der Waals surface area (Å²) in [7, 11) is 0. The number of aromatic nitrogens is 2. The molecule has 0 aliphatic carbocycles. The van der Waals surface area contributed by atoms with E-state index < -0.39 is 0 Å². The Balaban J connectivity index is 1.48. The fourth-order valence-electron chi connectivity index (χ4n) is 4.21. The molecule has 1 N–H and O–H groups in total. The standard InChI is InChI=1S/C28H23N3O2S/c1-19-24(20-11-5-2-6-12-20)25-27(34-19)29-18-31(28(25)33)17-23(32)30-26(21-13-7-3-8-14-21)22-15-9-4-10-16-22/h2-16,18,26H,17H2,1H3,(H,30,32). The van der Waals surface area contributed by atoms with Crippen LogP contribution in [0, 0.1) is 6.92 Å².